The Labute approximate surface area is 117 Å². The van der Waals surface area contributed by atoms with Crippen LogP contribution in [0.1, 0.15) is 43.5 Å². The van der Waals surface area contributed by atoms with E-state index < -0.39 is 11.7 Å². The molecule has 1 atom stereocenters. The molecular formula is C14H21F3N2O. The van der Waals surface area contributed by atoms with Crippen molar-refractivity contribution < 1.29 is 17.9 Å². The molecule has 0 heterocycles. The van der Waals surface area contributed by atoms with Crippen molar-refractivity contribution in [3.8, 4) is 0 Å². The molecule has 1 aromatic rings. The summed E-state index contributed by atoms with van der Waals surface area (Å²) in [7, 11) is 0. The maximum atomic E-state index is 12.6. The maximum absolute atomic E-state index is 12.6. The van der Waals surface area contributed by atoms with Crippen molar-refractivity contribution in [1.82, 2.24) is 5.43 Å². The molecule has 0 spiro atoms. The van der Waals surface area contributed by atoms with E-state index in [1.807, 2.05) is 20.8 Å². The fraction of sp³-hybridized carbons (Fsp3) is 0.571. The molecule has 0 bridgehead atoms. The van der Waals surface area contributed by atoms with Gasteiger partial charge in [-0.2, -0.15) is 13.2 Å². The maximum Gasteiger partial charge on any atom is 0.416 e. The molecule has 0 amide bonds. The lowest BCUT2D eigenvalue weighted by molar-refractivity contribution is -0.137. The number of rotatable bonds is 4. The van der Waals surface area contributed by atoms with Gasteiger partial charge in [-0.05, 0) is 51.0 Å². The van der Waals surface area contributed by atoms with Crippen LogP contribution in [0, 0.1) is 6.92 Å². The quantitative estimate of drug-likeness (QED) is 0.660. The predicted octanol–water partition coefficient (Wildman–Crippen LogP) is 3.33. The van der Waals surface area contributed by atoms with Gasteiger partial charge in [-0.25, -0.2) is 0 Å². The molecule has 1 aromatic carbocycles. The van der Waals surface area contributed by atoms with Gasteiger partial charge in [0.2, 0.25) is 0 Å². The molecule has 0 radical (unpaired) electrons. The highest BCUT2D eigenvalue weighted by Gasteiger charge is 2.31. The first-order valence-electron chi connectivity index (χ1n) is 6.32. The molecule has 0 aliphatic heterocycles. The van der Waals surface area contributed by atoms with E-state index in [-0.39, 0.29) is 18.2 Å². The van der Waals surface area contributed by atoms with Crippen molar-refractivity contribution in [3.05, 3.63) is 34.9 Å². The second-order valence-electron chi connectivity index (χ2n) is 5.71. The van der Waals surface area contributed by atoms with Crippen LogP contribution < -0.4 is 11.3 Å². The van der Waals surface area contributed by atoms with Gasteiger partial charge < -0.3 is 4.74 Å². The Kier molecular flexibility index (Phi) is 5.18. The molecule has 114 valence electrons. The summed E-state index contributed by atoms with van der Waals surface area (Å²) >= 11 is 0. The van der Waals surface area contributed by atoms with Crippen LogP contribution in [0.25, 0.3) is 0 Å². The zero-order chi connectivity index (χ0) is 15.6. The van der Waals surface area contributed by atoms with Crippen molar-refractivity contribution >= 4 is 0 Å². The third-order valence-electron chi connectivity index (χ3n) is 2.86. The Hall–Kier alpha value is -1.11. The Morgan fingerprint density at radius 1 is 1.25 bits per heavy atom. The Balaban J connectivity index is 2.94. The van der Waals surface area contributed by atoms with Gasteiger partial charge >= 0.3 is 6.18 Å². The van der Waals surface area contributed by atoms with E-state index in [2.05, 4.69) is 5.43 Å². The van der Waals surface area contributed by atoms with Crippen LogP contribution in [0.15, 0.2) is 18.2 Å². The van der Waals surface area contributed by atoms with Gasteiger partial charge in [0.05, 0.1) is 23.8 Å². The third-order valence-corrected chi connectivity index (χ3v) is 2.86. The van der Waals surface area contributed by atoms with Gasteiger partial charge in [0.25, 0.3) is 0 Å². The summed E-state index contributed by atoms with van der Waals surface area (Å²) in [5.74, 6) is 5.47. The molecule has 1 rings (SSSR count). The fourth-order valence-corrected chi connectivity index (χ4v) is 1.80. The smallest absolute Gasteiger partial charge is 0.374 e. The van der Waals surface area contributed by atoms with E-state index in [1.54, 1.807) is 6.92 Å². The number of hydrogen-bond acceptors (Lipinski definition) is 3. The second kappa shape index (κ2) is 6.11. The fourth-order valence-electron chi connectivity index (χ4n) is 1.80. The highest BCUT2D eigenvalue weighted by molar-refractivity contribution is 5.34. The monoisotopic (exact) mass is 290 g/mol. The van der Waals surface area contributed by atoms with Gasteiger partial charge in [-0.1, -0.05) is 6.07 Å². The molecule has 6 heteroatoms. The van der Waals surface area contributed by atoms with Gasteiger partial charge in [0.1, 0.15) is 0 Å². The lowest BCUT2D eigenvalue weighted by Crippen LogP contribution is -2.34. The first kappa shape index (κ1) is 16.9. The summed E-state index contributed by atoms with van der Waals surface area (Å²) in [5.41, 5.74) is 2.81. The lowest BCUT2D eigenvalue weighted by atomic mass is 9.99. The van der Waals surface area contributed by atoms with E-state index >= 15 is 0 Å². The van der Waals surface area contributed by atoms with Gasteiger partial charge in [-0.15, -0.1) is 0 Å². The van der Waals surface area contributed by atoms with Crippen molar-refractivity contribution in [1.29, 1.82) is 0 Å². The molecule has 3 N–H and O–H groups in total. The Morgan fingerprint density at radius 2 is 1.85 bits per heavy atom. The summed E-state index contributed by atoms with van der Waals surface area (Å²) in [4.78, 5) is 0. The minimum Gasteiger partial charge on any atom is -0.374 e. The lowest BCUT2D eigenvalue weighted by Gasteiger charge is -2.25. The number of ether oxygens (including phenoxy) is 1. The molecular weight excluding hydrogens is 269 g/mol. The second-order valence-corrected chi connectivity index (χ2v) is 5.71. The first-order chi connectivity index (χ1) is 9.04. The van der Waals surface area contributed by atoms with Gasteiger partial charge in [0, 0.05) is 0 Å². The van der Waals surface area contributed by atoms with Crippen LogP contribution in [-0.2, 0) is 10.9 Å². The van der Waals surface area contributed by atoms with Crippen LogP contribution in [0.3, 0.4) is 0 Å². The van der Waals surface area contributed by atoms with E-state index in [0.717, 1.165) is 12.1 Å². The number of aryl methyl sites for hydroxylation is 1. The number of benzene rings is 1. The highest BCUT2D eigenvalue weighted by Crippen LogP contribution is 2.31. The normalized spacial score (nSPS) is 14.4. The van der Waals surface area contributed by atoms with E-state index in [9.17, 15) is 13.2 Å². The molecule has 0 saturated heterocycles. The molecule has 3 nitrogen and oxygen atoms in total. The van der Waals surface area contributed by atoms with E-state index in [1.165, 1.54) is 6.07 Å². The van der Waals surface area contributed by atoms with Crippen LogP contribution >= 0.6 is 0 Å². The third kappa shape index (κ3) is 4.77. The highest BCUT2D eigenvalue weighted by atomic mass is 19.4. The average molecular weight is 290 g/mol. The summed E-state index contributed by atoms with van der Waals surface area (Å²) in [6.07, 6.45) is -4.34. The van der Waals surface area contributed by atoms with Crippen molar-refractivity contribution in [2.45, 2.75) is 45.5 Å². The zero-order valence-electron chi connectivity index (χ0n) is 12.1. The average Bonchev–Trinajstić information content (AvgIpc) is 2.28. The van der Waals surface area contributed by atoms with Crippen LogP contribution in [0.5, 0.6) is 0 Å². The molecule has 0 fully saturated rings. The molecule has 0 aromatic heterocycles. The first-order valence-corrected chi connectivity index (χ1v) is 6.32. The van der Waals surface area contributed by atoms with E-state index in [4.69, 9.17) is 10.6 Å². The number of hydrazine groups is 1. The number of nitrogens with two attached hydrogens (primary N) is 1. The molecule has 0 aliphatic rings. The van der Waals surface area contributed by atoms with Crippen LogP contribution in [-0.4, -0.2) is 12.2 Å². The van der Waals surface area contributed by atoms with E-state index in [0.29, 0.717) is 11.1 Å². The zero-order valence-corrected chi connectivity index (χ0v) is 12.1. The van der Waals surface area contributed by atoms with Crippen LogP contribution in [0.4, 0.5) is 13.2 Å². The SMILES string of the molecule is Cc1cc(C(F)(F)F)ccc1C(COC(C)(C)C)NN. The minimum absolute atomic E-state index is 0.284. The molecule has 0 aliphatic carbocycles. The van der Waals surface area contributed by atoms with Crippen molar-refractivity contribution in [2.75, 3.05) is 6.61 Å². The summed E-state index contributed by atoms with van der Waals surface area (Å²) in [5, 5.41) is 0. The van der Waals surface area contributed by atoms with Crippen molar-refractivity contribution in [3.63, 3.8) is 0 Å². The number of halogens is 3. The van der Waals surface area contributed by atoms with Gasteiger partial charge in [0.15, 0.2) is 0 Å². The van der Waals surface area contributed by atoms with Crippen LogP contribution in [0.2, 0.25) is 0 Å². The largest absolute Gasteiger partial charge is 0.416 e. The molecule has 0 saturated carbocycles. The number of nitrogens with one attached hydrogen (secondary N) is 1. The Bertz CT molecular complexity index is 453. The summed E-state index contributed by atoms with van der Waals surface area (Å²) < 4.78 is 43.5. The molecule has 1 unspecified atom stereocenters. The van der Waals surface area contributed by atoms with Crippen molar-refractivity contribution in [2.24, 2.45) is 5.84 Å². The standard InChI is InChI=1S/C14H21F3N2O/c1-9-7-10(14(15,16)17)5-6-11(9)12(19-18)8-20-13(2,3)4/h5-7,12,19H,8,18H2,1-4H3. The summed E-state index contributed by atoms with van der Waals surface area (Å²) in [6.45, 7) is 7.62. The molecule has 20 heavy (non-hydrogen) atoms. The number of alkyl halides is 3. The van der Waals surface area contributed by atoms with Gasteiger partial charge in [-0.3, -0.25) is 11.3 Å². The minimum atomic E-state index is -4.34. The predicted molar refractivity (Wildman–Crippen MR) is 72.0 cm³/mol. The summed E-state index contributed by atoms with van der Waals surface area (Å²) in [6, 6.07) is 3.27. The Morgan fingerprint density at radius 3 is 2.25 bits per heavy atom. The number of hydrogen-bond donors (Lipinski definition) is 2. The topological polar surface area (TPSA) is 47.3 Å².